The first-order valence-corrected chi connectivity index (χ1v) is 12.7. The molecule has 0 unspecified atom stereocenters. The van der Waals surface area contributed by atoms with E-state index in [1.54, 1.807) is 0 Å². The summed E-state index contributed by atoms with van der Waals surface area (Å²) in [5.41, 5.74) is 3.47. The van der Waals surface area contributed by atoms with Crippen LogP contribution >= 0.6 is 0 Å². The van der Waals surface area contributed by atoms with Gasteiger partial charge in [-0.3, -0.25) is 14.7 Å². The Labute approximate surface area is 207 Å². The summed E-state index contributed by atoms with van der Waals surface area (Å²) < 4.78 is 0. The predicted molar refractivity (Wildman–Crippen MR) is 138 cm³/mol. The Hall–Kier alpha value is -3.48. The van der Waals surface area contributed by atoms with Gasteiger partial charge in [0.25, 0.3) is 5.91 Å². The highest BCUT2D eigenvalue weighted by atomic mass is 16.2. The Morgan fingerprint density at radius 1 is 0.943 bits per heavy atom. The van der Waals surface area contributed by atoms with Gasteiger partial charge < -0.3 is 9.80 Å². The number of hydrogen-bond donors (Lipinski definition) is 1. The van der Waals surface area contributed by atoms with Crippen LogP contribution in [0.4, 0.5) is 5.69 Å². The van der Waals surface area contributed by atoms with Gasteiger partial charge in [-0.1, -0.05) is 63.4 Å². The van der Waals surface area contributed by atoms with E-state index in [4.69, 9.17) is 0 Å². The number of fused-ring (bicyclic) bond motifs is 1. The molecule has 0 radical (unpaired) electrons. The average molecular weight is 474 g/mol. The summed E-state index contributed by atoms with van der Waals surface area (Å²) in [5, 5.41) is 6.75. The average Bonchev–Trinajstić information content (AvgIpc) is 3.39. The molecule has 0 aliphatic carbocycles. The third-order valence-corrected chi connectivity index (χ3v) is 6.44. The molecule has 3 aromatic rings. The Bertz CT molecular complexity index is 1110. The zero-order valence-corrected chi connectivity index (χ0v) is 20.7. The number of aromatic amines is 1. The first kappa shape index (κ1) is 24.6. The maximum absolute atomic E-state index is 13.6. The number of carbonyl (C=O) groups excluding carboxylic acids is 2. The minimum atomic E-state index is 0.000962. The molecule has 0 saturated carbocycles. The Balaban J connectivity index is 1.61. The lowest BCUT2D eigenvalue weighted by Gasteiger charge is -2.30. The fourth-order valence-electron chi connectivity index (χ4n) is 4.61. The molecular formula is C28H35N5O2. The SMILES string of the molecule is CC(C)CC(=O)N1CCCCCCCN(C(=O)c2ccc(-c3ncn[nH]3)cc2)Cc2ccccc21. The standard InChI is InChI=1S/C28H35N5O2/c1-21(2)18-26(34)33-17-9-5-3-4-8-16-32(19-24-10-6-7-11-25(24)33)28(35)23-14-12-22(13-15-23)27-29-20-30-31-27/h6-7,10-15,20-21H,3-5,8-9,16-19H2,1-2H3,(H,29,30,31). The third-order valence-electron chi connectivity index (χ3n) is 6.44. The van der Waals surface area contributed by atoms with Crippen molar-refractivity contribution in [3.8, 4) is 11.4 Å². The molecule has 2 amide bonds. The largest absolute Gasteiger partial charge is 0.334 e. The second-order valence-electron chi connectivity index (χ2n) is 9.68. The number of rotatable bonds is 4. The van der Waals surface area contributed by atoms with E-state index in [-0.39, 0.29) is 11.8 Å². The number of nitrogens with one attached hydrogen (secondary N) is 1. The van der Waals surface area contributed by atoms with Gasteiger partial charge in [-0.05, 0) is 42.5 Å². The number of H-pyrrole nitrogens is 1. The summed E-state index contributed by atoms with van der Waals surface area (Å²) in [7, 11) is 0. The third kappa shape index (κ3) is 6.35. The van der Waals surface area contributed by atoms with Gasteiger partial charge in [-0.15, -0.1) is 0 Å². The minimum absolute atomic E-state index is 0.000962. The van der Waals surface area contributed by atoms with Crippen LogP contribution in [0.3, 0.4) is 0 Å². The molecule has 0 saturated heterocycles. The van der Waals surface area contributed by atoms with Crippen LogP contribution in [0.5, 0.6) is 0 Å². The highest BCUT2D eigenvalue weighted by molar-refractivity contribution is 5.96. The normalized spacial score (nSPS) is 15.3. The van der Waals surface area contributed by atoms with E-state index in [0.29, 0.717) is 36.8 Å². The zero-order chi connectivity index (χ0) is 24.6. The van der Waals surface area contributed by atoms with Crippen LogP contribution in [-0.4, -0.2) is 45.0 Å². The lowest BCUT2D eigenvalue weighted by Crippen LogP contribution is -2.36. The van der Waals surface area contributed by atoms with E-state index >= 15 is 0 Å². The molecule has 4 rings (SSSR count). The summed E-state index contributed by atoms with van der Waals surface area (Å²) in [6.07, 6.45) is 7.24. The predicted octanol–water partition coefficient (Wildman–Crippen LogP) is 5.46. The van der Waals surface area contributed by atoms with Crippen molar-refractivity contribution in [2.24, 2.45) is 5.92 Å². The number of aromatic nitrogens is 3. The van der Waals surface area contributed by atoms with Gasteiger partial charge in [0.15, 0.2) is 5.82 Å². The molecule has 2 aromatic carbocycles. The fourth-order valence-corrected chi connectivity index (χ4v) is 4.61. The molecule has 0 spiro atoms. The van der Waals surface area contributed by atoms with Crippen LogP contribution in [0.2, 0.25) is 0 Å². The molecule has 0 atom stereocenters. The highest BCUT2D eigenvalue weighted by Gasteiger charge is 2.23. The van der Waals surface area contributed by atoms with Crippen LogP contribution in [0.1, 0.15) is 68.3 Å². The molecule has 184 valence electrons. The number of anilines is 1. The van der Waals surface area contributed by atoms with Crippen LogP contribution in [0, 0.1) is 5.92 Å². The Morgan fingerprint density at radius 2 is 1.66 bits per heavy atom. The molecule has 0 bridgehead atoms. The zero-order valence-electron chi connectivity index (χ0n) is 20.7. The summed E-state index contributed by atoms with van der Waals surface area (Å²) in [4.78, 5) is 34.8. The Kier molecular flexibility index (Phi) is 8.29. The number of hydrogen-bond acceptors (Lipinski definition) is 4. The first-order valence-electron chi connectivity index (χ1n) is 12.7. The lowest BCUT2D eigenvalue weighted by atomic mass is 10.0. The van der Waals surface area contributed by atoms with Crippen molar-refractivity contribution in [2.45, 2.75) is 58.9 Å². The molecule has 1 aliphatic heterocycles. The molecule has 0 fully saturated rings. The number of benzene rings is 2. The summed E-state index contributed by atoms with van der Waals surface area (Å²) >= 11 is 0. The van der Waals surface area contributed by atoms with E-state index in [9.17, 15) is 9.59 Å². The molecule has 1 aromatic heterocycles. The number of amides is 2. The van der Waals surface area contributed by atoms with E-state index in [2.05, 4.69) is 29.0 Å². The van der Waals surface area contributed by atoms with Crippen LogP contribution in [0.25, 0.3) is 11.4 Å². The minimum Gasteiger partial charge on any atom is -0.334 e. The number of carbonyl (C=O) groups is 2. The number of nitrogens with zero attached hydrogens (tertiary/aromatic N) is 4. The maximum atomic E-state index is 13.6. The van der Waals surface area contributed by atoms with E-state index in [1.165, 1.54) is 6.33 Å². The topological polar surface area (TPSA) is 82.2 Å². The quantitative estimate of drug-likeness (QED) is 0.546. The highest BCUT2D eigenvalue weighted by Crippen LogP contribution is 2.26. The fraction of sp³-hybridized carbons (Fsp3) is 0.429. The van der Waals surface area contributed by atoms with Gasteiger partial charge in [-0.2, -0.15) is 5.10 Å². The van der Waals surface area contributed by atoms with Crippen molar-refractivity contribution in [1.82, 2.24) is 20.1 Å². The van der Waals surface area contributed by atoms with Crippen molar-refractivity contribution in [1.29, 1.82) is 0 Å². The maximum Gasteiger partial charge on any atom is 0.254 e. The van der Waals surface area contributed by atoms with Crippen LogP contribution in [-0.2, 0) is 11.3 Å². The monoisotopic (exact) mass is 473 g/mol. The smallest absolute Gasteiger partial charge is 0.254 e. The van der Waals surface area contributed by atoms with Gasteiger partial charge >= 0.3 is 0 Å². The van der Waals surface area contributed by atoms with Crippen molar-refractivity contribution in [3.05, 3.63) is 66.0 Å². The van der Waals surface area contributed by atoms with Crippen LogP contribution in [0.15, 0.2) is 54.9 Å². The first-order chi connectivity index (χ1) is 17.0. The molecular weight excluding hydrogens is 438 g/mol. The van der Waals surface area contributed by atoms with E-state index < -0.39 is 0 Å². The van der Waals surface area contributed by atoms with Gasteiger partial charge in [-0.25, -0.2) is 4.98 Å². The summed E-state index contributed by atoms with van der Waals surface area (Å²) in [6.45, 7) is 6.05. The second kappa shape index (κ2) is 11.8. The van der Waals surface area contributed by atoms with Crippen LogP contribution < -0.4 is 4.90 Å². The Morgan fingerprint density at radius 3 is 2.37 bits per heavy atom. The molecule has 35 heavy (non-hydrogen) atoms. The molecule has 2 heterocycles. The van der Waals surface area contributed by atoms with Gasteiger partial charge in [0.1, 0.15) is 6.33 Å². The van der Waals surface area contributed by atoms with Gasteiger partial charge in [0.2, 0.25) is 5.91 Å². The molecule has 1 N–H and O–H groups in total. The van der Waals surface area contributed by atoms with Gasteiger partial charge in [0.05, 0.1) is 0 Å². The summed E-state index contributed by atoms with van der Waals surface area (Å²) in [6, 6.07) is 15.5. The summed E-state index contributed by atoms with van der Waals surface area (Å²) in [5.74, 6) is 1.14. The second-order valence-corrected chi connectivity index (χ2v) is 9.68. The van der Waals surface area contributed by atoms with Crippen molar-refractivity contribution < 1.29 is 9.59 Å². The number of para-hydroxylation sites is 1. The molecule has 7 heteroatoms. The van der Waals surface area contributed by atoms with E-state index in [0.717, 1.165) is 55.5 Å². The van der Waals surface area contributed by atoms with E-state index in [1.807, 2.05) is 58.3 Å². The van der Waals surface area contributed by atoms with Crippen molar-refractivity contribution >= 4 is 17.5 Å². The molecule has 1 aliphatic rings. The lowest BCUT2D eigenvalue weighted by molar-refractivity contribution is -0.119. The van der Waals surface area contributed by atoms with Crippen molar-refractivity contribution in [2.75, 3.05) is 18.0 Å². The van der Waals surface area contributed by atoms with Crippen molar-refractivity contribution in [3.63, 3.8) is 0 Å². The van der Waals surface area contributed by atoms with Gasteiger partial charge in [0, 0.05) is 42.9 Å². The molecule has 7 nitrogen and oxygen atoms in total.